The van der Waals surface area contributed by atoms with Crippen molar-refractivity contribution < 1.29 is 8.42 Å². The van der Waals surface area contributed by atoms with Gasteiger partial charge >= 0.3 is 0 Å². The molecule has 0 radical (unpaired) electrons. The number of sulfonamides is 1. The Hall–Kier alpha value is -0.880. The summed E-state index contributed by atoms with van der Waals surface area (Å²) in [5, 5.41) is 0.942. The molecule has 0 spiro atoms. The van der Waals surface area contributed by atoms with Crippen molar-refractivity contribution in [3.63, 3.8) is 0 Å². The number of fused-ring (bicyclic) bond motifs is 1. The number of halogens is 1. The molecular weight excluding hydrogens is 328 g/mol. The van der Waals surface area contributed by atoms with Crippen molar-refractivity contribution in [2.75, 3.05) is 11.9 Å². The molecule has 0 amide bonds. The molecule has 0 aromatic heterocycles. The van der Waals surface area contributed by atoms with E-state index in [4.69, 9.17) is 0 Å². The zero-order valence-electron chi connectivity index (χ0n) is 10.8. The molecule has 0 bridgehead atoms. The van der Waals surface area contributed by atoms with Crippen molar-refractivity contribution in [2.24, 2.45) is 10.9 Å². The molecule has 4 nitrogen and oxygen atoms in total. The van der Waals surface area contributed by atoms with Crippen molar-refractivity contribution in [3.8, 4) is 0 Å². The van der Waals surface area contributed by atoms with Crippen molar-refractivity contribution in [3.05, 3.63) is 24.3 Å². The van der Waals surface area contributed by atoms with E-state index in [2.05, 4.69) is 27.8 Å². The third kappa shape index (κ3) is 3.17. The van der Waals surface area contributed by atoms with Crippen LogP contribution in [0.1, 0.15) is 19.8 Å². The zero-order chi connectivity index (χ0) is 13.9. The monoisotopic (exact) mass is 344 g/mol. The molecule has 2 rings (SSSR count). The predicted molar refractivity (Wildman–Crippen MR) is 80.7 cm³/mol. The first kappa shape index (κ1) is 14.5. The van der Waals surface area contributed by atoms with E-state index < -0.39 is 10.0 Å². The van der Waals surface area contributed by atoms with Gasteiger partial charge in [-0.1, -0.05) is 35.0 Å². The molecule has 1 aromatic carbocycles. The highest BCUT2D eigenvalue weighted by molar-refractivity contribution is 9.09. The van der Waals surface area contributed by atoms with Gasteiger partial charge in [0.05, 0.1) is 5.69 Å². The van der Waals surface area contributed by atoms with Gasteiger partial charge in [0.1, 0.15) is 11.2 Å². The van der Waals surface area contributed by atoms with Gasteiger partial charge in [-0.25, -0.2) is 13.4 Å². The molecule has 0 N–H and O–H groups in total. The Morgan fingerprint density at radius 1 is 1.32 bits per heavy atom. The molecule has 0 saturated carbocycles. The summed E-state index contributed by atoms with van der Waals surface area (Å²) in [6, 6.07) is 6.84. The third-order valence-electron chi connectivity index (χ3n) is 3.22. The third-order valence-corrected chi connectivity index (χ3v) is 5.47. The Balaban J connectivity index is 2.14. The Morgan fingerprint density at radius 3 is 2.79 bits per heavy atom. The minimum atomic E-state index is -3.42. The molecule has 6 heteroatoms. The lowest BCUT2D eigenvalue weighted by Gasteiger charge is -2.25. The van der Waals surface area contributed by atoms with E-state index in [-0.39, 0.29) is 0 Å². The first-order chi connectivity index (χ1) is 9.05. The van der Waals surface area contributed by atoms with E-state index in [1.807, 2.05) is 0 Å². The van der Waals surface area contributed by atoms with Gasteiger partial charge in [-0.3, -0.25) is 4.31 Å². The average molecular weight is 345 g/mol. The quantitative estimate of drug-likeness (QED) is 0.770. The van der Waals surface area contributed by atoms with Crippen LogP contribution in [0.15, 0.2) is 34.2 Å². The predicted octanol–water partition coefficient (Wildman–Crippen LogP) is 3.16. The smallest absolute Gasteiger partial charge is 0.256 e. The second-order valence-electron chi connectivity index (χ2n) is 4.70. The molecule has 0 fully saturated rings. The van der Waals surface area contributed by atoms with Gasteiger partial charge in [0.2, 0.25) is 0 Å². The Labute approximate surface area is 122 Å². The molecule has 1 aliphatic rings. The van der Waals surface area contributed by atoms with E-state index in [1.165, 1.54) is 10.6 Å². The zero-order valence-corrected chi connectivity index (χ0v) is 13.2. The number of benzene rings is 1. The standard InChI is InChI=1S/C13H17BrN2O2S/c1-11(6-8-14)7-9-16-10-15-12-4-2-3-5-13(12)19(16,17)18/h2-5,10-11H,6-9H2,1H3. The van der Waals surface area contributed by atoms with Crippen molar-refractivity contribution in [2.45, 2.75) is 24.7 Å². The Morgan fingerprint density at radius 2 is 2.05 bits per heavy atom. The number of rotatable bonds is 5. The molecule has 19 heavy (non-hydrogen) atoms. The maximum Gasteiger partial charge on any atom is 0.267 e. The lowest BCUT2D eigenvalue weighted by molar-refractivity contribution is 0.452. The lowest BCUT2D eigenvalue weighted by atomic mass is 10.1. The summed E-state index contributed by atoms with van der Waals surface area (Å²) < 4.78 is 26.1. The van der Waals surface area contributed by atoms with Crippen LogP contribution < -0.4 is 0 Å². The fraction of sp³-hybridized carbons (Fsp3) is 0.462. The highest BCUT2D eigenvalue weighted by Gasteiger charge is 2.28. The second kappa shape index (κ2) is 6.05. The van der Waals surface area contributed by atoms with Crippen LogP contribution in [-0.4, -0.2) is 30.9 Å². The molecule has 1 heterocycles. The van der Waals surface area contributed by atoms with Gasteiger partial charge in [-0.2, -0.15) is 0 Å². The number of hydrogen-bond acceptors (Lipinski definition) is 3. The highest BCUT2D eigenvalue weighted by Crippen LogP contribution is 2.30. The minimum absolute atomic E-state index is 0.297. The summed E-state index contributed by atoms with van der Waals surface area (Å²) in [7, 11) is -3.42. The molecular formula is C13H17BrN2O2S. The maximum atomic E-state index is 12.4. The number of aliphatic imine (C=N–C) groups is 1. The summed E-state index contributed by atoms with van der Waals surface area (Å²) >= 11 is 3.40. The fourth-order valence-electron chi connectivity index (χ4n) is 1.95. The number of para-hydroxylation sites is 1. The second-order valence-corrected chi connectivity index (χ2v) is 7.35. The SMILES string of the molecule is CC(CCBr)CCN1C=Nc2ccccc2S1(=O)=O. The summed E-state index contributed by atoms with van der Waals surface area (Å²) in [6.07, 6.45) is 3.30. The van der Waals surface area contributed by atoms with Crippen molar-refractivity contribution >= 4 is 38.0 Å². The van der Waals surface area contributed by atoms with E-state index >= 15 is 0 Å². The molecule has 104 valence electrons. The van der Waals surface area contributed by atoms with Gasteiger partial charge in [-0.05, 0) is 30.9 Å². The Bertz CT molecular complexity index is 572. The van der Waals surface area contributed by atoms with Crippen molar-refractivity contribution in [1.29, 1.82) is 0 Å². The van der Waals surface area contributed by atoms with Crippen LogP contribution in [-0.2, 0) is 10.0 Å². The van der Waals surface area contributed by atoms with Crippen molar-refractivity contribution in [1.82, 2.24) is 4.31 Å². The van der Waals surface area contributed by atoms with E-state index in [9.17, 15) is 8.42 Å². The lowest BCUT2D eigenvalue weighted by Crippen LogP contribution is -2.33. The molecule has 1 atom stereocenters. The number of alkyl halides is 1. The average Bonchev–Trinajstić information content (AvgIpc) is 2.38. The van der Waals surface area contributed by atoms with Crippen LogP contribution in [0.4, 0.5) is 5.69 Å². The minimum Gasteiger partial charge on any atom is -0.256 e. The van der Waals surface area contributed by atoms with Crippen LogP contribution in [0.2, 0.25) is 0 Å². The topological polar surface area (TPSA) is 49.7 Å². The van der Waals surface area contributed by atoms with Gasteiger partial charge < -0.3 is 0 Å². The maximum absolute atomic E-state index is 12.4. The number of nitrogens with zero attached hydrogens (tertiary/aromatic N) is 2. The van der Waals surface area contributed by atoms with Gasteiger partial charge in [0, 0.05) is 11.9 Å². The van der Waals surface area contributed by atoms with Gasteiger partial charge in [0.15, 0.2) is 0 Å². The molecule has 0 aliphatic carbocycles. The highest BCUT2D eigenvalue weighted by atomic mass is 79.9. The molecule has 1 aromatic rings. The Kier molecular flexibility index (Phi) is 4.62. The van der Waals surface area contributed by atoms with Crippen LogP contribution in [0.25, 0.3) is 0 Å². The summed E-state index contributed by atoms with van der Waals surface area (Å²) in [6.45, 7) is 2.61. The van der Waals surface area contributed by atoms with Crippen LogP contribution in [0.5, 0.6) is 0 Å². The summed E-state index contributed by atoms with van der Waals surface area (Å²) in [4.78, 5) is 4.50. The fourth-order valence-corrected chi connectivity index (χ4v) is 4.14. The summed E-state index contributed by atoms with van der Waals surface area (Å²) in [5.74, 6) is 0.486. The number of hydrogen-bond donors (Lipinski definition) is 0. The molecule has 0 saturated heterocycles. The van der Waals surface area contributed by atoms with E-state index in [1.54, 1.807) is 24.3 Å². The first-order valence-corrected chi connectivity index (χ1v) is 8.83. The van der Waals surface area contributed by atoms with E-state index in [0.29, 0.717) is 23.0 Å². The van der Waals surface area contributed by atoms with E-state index in [0.717, 1.165) is 18.2 Å². The largest absolute Gasteiger partial charge is 0.267 e. The van der Waals surface area contributed by atoms with Gasteiger partial charge in [-0.15, -0.1) is 0 Å². The summed E-state index contributed by atoms with van der Waals surface area (Å²) in [5.41, 5.74) is 0.521. The van der Waals surface area contributed by atoms with Crippen LogP contribution in [0, 0.1) is 5.92 Å². The molecule has 1 unspecified atom stereocenters. The molecule has 1 aliphatic heterocycles. The van der Waals surface area contributed by atoms with Crippen LogP contribution in [0.3, 0.4) is 0 Å². The first-order valence-electron chi connectivity index (χ1n) is 6.26. The normalized spacial score (nSPS) is 18.1. The van der Waals surface area contributed by atoms with Crippen LogP contribution >= 0.6 is 15.9 Å². The van der Waals surface area contributed by atoms with Gasteiger partial charge in [0.25, 0.3) is 10.0 Å².